The van der Waals surface area contributed by atoms with Crippen LogP contribution in [0.2, 0.25) is 0 Å². The van der Waals surface area contributed by atoms with Crippen LogP contribution in [0.15, 0.2) is 5.38 Å². The van der Waals surface area contributed by atoms with Crippen LogP contribution in [0.4, 0.5) is 0 Å². The minimum absolute atomic E-state index is 0.139. The summed E-state index contributed by atoms with van der Waals surface area (Å²) in [5, 5.41) is 10.6. The summed E-state index contributed by atoms with van der Waals surface area (Å²) < 4.78 is 1.28. The number of nitrogens with zero attached hydrogens (tertiary/aromatic N) is 1. The van der Waals surface area contributed by atoms with E-state index in [4.69, 9.17) is 17.1 Å². The molecule has 0 saturated carbocycles. The molecule has 0 aliphatic carbocycles. The third-order valence-electron chi connectivity index (χ3n) is 1.29. The second kappa shape index (κ2) is 4.38. The van der Waals surface area contributed by atoms with Gasteiger partial charge in [0.05, 0.1) is 5.38 Å². The van der Waals surface area contributed by atoms with Gasteiger partial charge in [-0.3, -0.25) is 0 Å². The molecule has 1 aromatic rings. The van der Waals surface area contributed by atoms with Gasteiger partial charge in [-0.2, -0.15) is 0 Å². The van der Waals surface area contributed by atoms with Crippen molar-refractivity contribution in [3.63, 3.8) is 0 Å². The van der Waals surface area contributed by atoms with Crippen molar-refractivity contribution >= 4 is 29.5 Å². The molecule has 4 nitrogen and oxygen atoms in total. The Bertz CT molecular complexity index is 355. The largest absolute Gasteiger partial charge is 0.492 e. The first-order valence-electron chi connectivity index (χ1n) is 3.75. The smallest absolute Gasteiger partial charge is 0.333 e. The molecule has 6 heteroatoms. The molecule has 0 saturated heterocycles. The van der Waals surface area contributed by atoms with Crippen LogP contribution in [-0.2, 0) is 4.79 Å². The second-order valence-corrected chi connectivity index (χ2v) is 3.87. The quantitative estimate of drug-likeness (QED) is 0.787. The first-order valence-corrected chi connectivity index (χ1v) is 5.04. The number of hydrogen-bond acceptors (Lipinski definition) is 5. The normalized spacial score (nSPS) is 9.92. The fourth-order valence-electron chi connectivity index (χ4n) is 0.728. The molecule has 1 N–H and O–H groups in total. The van der Waals surface area contributed by atoms with Crippen LogP contribution in [0.5, 0.6) is 5.88 Å². The fourth-order valence-corrected chi connectivity index (χ4v) is 1.53. The molecule has 0 fully saturated rings. The van der Waals surface area contributed by atoms with Crippen LogP contribution in [0.1, 0.15) is 19.8 Å². The van der Waals surface area contributed by atoms with Gasteiger partial charge in [0.15, 0.2) is 0 Å². The summed E-state index contributed by atoms with van der Waals surface area (Å²) in [6.07, 6.45) is 1.02. The van der Waals surface area contributed by atoms with Crippen LogP contribution in [0.25, 0.3) is 0 Å². The van der Waals surface area contributed by atoms with E-state index in [2.05, 4.69) is 0 Å². The van der Waals surface area contributed by atoms with Crippen molar-refractivity contribution in [2.75, 3.05) is 0 Å². The predicted octanol–water partition coefficient (Wildman–Crippen LogP) is 1.74. The van der Waals surface area contributed by atoms with Crippen molar-refractivity contribution in [3.8, 4) is 5.88 Å². The molecule has 1 rings (SSSR count). The van der Waals surface area contributed by atoms with Crippen molar-refractivity contribution in [1.29, 1.82) is 0 Å². The predicted molar refractivity (Wildman–Crippen MR) is 51.3 cm³/mol. The number of rotatable bonds is 3. The maximum atomic E-state index is 11.0. The van der Waals surface area contributed by atoms with E-state index < -0.39 is 5.97 Å². The van der Waals surface area contributed by atoms with Gasteiger partial charge in [-0.25, -0.2) is 4.79 Å². The zero-order chi connectivity index (χ0) is 9.84. The Hall–Kier alpha value is -0.880. The molecule has 0 spiro atoms. The average Bonchev–Trinajstić information content (AvgIpc) is 2.36. The van der Waals surface area contributed by atoms with Crippen LogP contribution in [-0.4, -0.2) is 15.8 Å². The van der Waals surface area contributed by atoms with Gasteiger partial charge in [0.1, 0.15) is 0 Å². The molecule has 0 bridgehead atoms. The number of aromatic nitrogens is 1. The lowest BCUT2D eigenvalue weighted by molar-refractivity contribution is -0.144. The van der Waals surface area contributed by atoms with Crippen molar-refractivity contribution in [2.45, 2.75) is 19.8 Å². The Labute approximate surface area is 84.3 Å². The van der Waals surface area contributed by atoms with E-state index in [9.17, 15) is 9.90 Å². The summed E-state index contributed by atoms with van der Waals surface area (Å²) in [6.45, 7) is 1.87. The van der Waals surface area contributed by atoms with E-state index in [1.165, 1.54) is 5.38 Å². The van der Waals surface area contributed by atoms with Crippen molar-refractivity contribution in [2.24, 2.45) is 0 Å². The van der Waals surface area contributed by atoms with Crippen molar-refractivity contribution < 1.29 is 14.7 Å². The molecule has 13 heavy (non-hydrogen) atoms. The van der Waals surface area contributed by atoms with Gasteiger partial charge in [0.25, 0.3) is 0 Å². The highest BCUT2D eigenvalue weighted by atomic mass is 32.1. The SMILES string of the molecule is CCCC(=O)On1c(O)csc1=S. The second-order valence-electron chi connectivity index (χ2n) is 2.37. The molecule has 1 heterocycles. The molecule has 0 amide bonds. The lowest BCUT2D eigenvalue weighted by Crippen LogP contribution is -2.18. The van der Waals surface area contributed by atoms with E-state index in [-0.39, 0.29) is 5.88 Å². The topological polar surface area (TPSA) is 51.5 Å². The van der Waals surface area contributed by atoms with E-state index in [0.717, 1.165) is 16.1 Å². The first-order chi connectivity index (χ1) is 6.15. The minimum Gasteiger partial charge on any atom is -0.492 e. The molecule has 0 aliphatic heterocycles. The summed E-state index contributed by atoms with van der Waals surface area (Å²) in [7, 11) is 0. The van der Waals surface area contributed by atoms with Gasteiger partial charge in [-0.15, -0.1) is 16.1 Å². The van der Waals surface area contributed by atoms with Crippen molar-refractivity contribution in [1.82, 2.24) is 4.73 Å². The van der Waals surface area contributed by atoms with Gasteiger partial charge in [0, 0.05) is 6.42 Å². The summed E-state index contributed by atoms with van der Waals surface area (Å²) in [5.74, 6) is -0.535. The summed E-state index contributed by atoms with van der Waals surface area (Å²) >= 11 is 5.96. The Kier molecular flexibility index (Phi) is 3.44. The Balaban J connectivity index is 2.74. The van der Waals surface area contributed by atoms with Gasteiger partial charge in [0.2, 0.25) is 9.83 Å². The fraction of sp³-hybridized carbons (Fsp3) is 0.429. The number of thiazole rings is 1. The van der Waals surface area contributed by atoms with Crippen LogP contribution in [0, 0.1) is 3.95 Å². The zero-order valence-electron chi connectivity index (χ0n) is 7.02. The highest BCUT2D eigenvalue weighted by molar-refractivity contribution is 7.73. The van der Waals surface area contributed by atoms with Crippen LogP contribution in [0.3, 0.4) is 0 Å². The molecule has 1 aromatic heterocycles. The minimum atomic E-state index is -0.396. The van der Waals surface area contributed by atoms with Crippen LogP contribution < -0.4 is 4.84 Å². The lowest BCUT2D eigenvalue weighted by atomic mass is 10.3. The van der Waals surface area contributed by atoms with E-state index in [0.29, 0.717) is 16.8 Å². The van der Waals surface area contributed by atoms with Gasteiger partial charge in [-0.1, -0.05) is 6.92 Å². The van der Waals surface area contributed by atoms with Crippen molar-refractivity contribution in [3.05, 3.63) is 9.33 Å². The zero-order valence-corrected chi connectivity index (χ0v) is 8.65. The molecule has 0 aliphatic rings. The maximum Gasteiger partial charge on any atom is 0.333 e. The van der Waals surface area contributed by atoms with E-state index >= 15 is 0 Å². The maximum absolute atomic E-state index is 11.0. The van der Waals surface area contributed by atoms with Gasteiger partial charge in [-0.05, 0) is 18.6 Å². The number of carbonyl (C=O) groups is 1. The highest BCUT2D eigenvalue weighted by Gasteiger charge is 2.08. The van der Waals surface area contributed by atoms with Gasteiger partial charge < -0.3 is 9.94 Å². The number of carbonyl (C=O) groups excluding carboxylic acids is 1. The van der Waals surface area contributed by atoms with Crippen LogP contribution >= 0.6 is 23.6 Å². The summed E-state index contributed by atoms with van der Waals surface area (Å²) in [6, 6.07) is 0. The molecule has 0 radical (unpaired) electrons. The average molecular weight is 219 g/mol. The molecule has 0 atom stereocenters. The molecular weight excluding hydrogens is 210 g/mol. The Morgan fingerprint density at radius 3 is 3.00 bits per heavy atom. The molecular formula is C7H9NO3S2. The number of aromatic hydroxyl groups is 1. The molecule has 0 aromatic carbocycles. The highest BCUT2D eigenvalue weighted by Crippen LogP contribution is 2.15. The first kappa shape index (κ1) is 10.2. The molecule has 72 valence electrons. The standard InChI is InChI=1S/C7H9NO3S2/c1-2-3-6(10)11-8-5(9)4-13-7(8)12/h4,9H,2-3H2,1H3. The monoisotopic (exact) mass is 219 g/mol. The summed E-state index contributed by atoms with van der Waals surface area (Å²) in [5.41, 5.74) is 0. The Morgan fingerprint density at radius 2 is 2.54 bits per heavy atom. The Morgan fingerprint density at radius 1 is 1.85 bits per heavy atom. The lowest BCUT2D eigenvalue weighted by Gasteiger charge is -2.03. The third kappa shape index (κ3) is 2.53. The van der Waals surface area contributed by atoms with E-state index in [1.807, 2.05) is 6.92 Å². The van der Waals surface area contributed by atoms with Gasteiger partial charge >= 0.3 is 5.97 Å². The number of hydrogen-bond donors (Lipinski definition) is 1. The molecule has 0 unspecified atom stereocenters. The summed E-state index contributed by atoms with van der Waals surface area (Å²) in [4.78, 5) is 15.8. The van der Waals surface area contributed by atoms with E-state index in [1.54, 1.807) is 0 Å². The third-order valence-corrected chi connectivity index (χ3v) is 2.44.